The first-order chi connectivity index (χ1) is 9.08. The fourth-order valence-corrected chi connectivity index (χ4v) is 1.86. The second kappa shape index (κ2) is 5.71. The smallest absolute Gasteiger partial charge is 0.413 e. The predicted octanol–water partition coefficient (Wildman–Crippen LogP) is 2.78. The van der Waals surface area contributed by atoms with Crippen LogP contribution in [0.1, 0.15) is 18.6 Å². The number of aromatic nitrogens is 3. The minimum absolute atomic E-state index is 0.449. The molecule has 100 valence electrons. The van der Waals surface area contributed by atoms with Gasteiger partial charge in [-0.2, -0.15) is 0 Å². The number of nitrogens with one attached hydrogen (secondary N) is 1. The number of rotatable bonds is 3. The second-order valence-electron chi connectivity index (χ2n) is 3.94. The van der Waals surface area contributed by atoms with Crippen molar-refractivity contribution in [1.82, 2.24) is 15.0 Å². The molecule has 0 spiro atoms. The normalized spacial score (nSPS) is 11.9. The van der Waals surface area contributed by atoms with Gasteiger partial charge in [-0.15, -0.1) is 5.10 Å². The summed E-state index contributed by atoms with van der Waals surface area (Å²) in [4.78, 5) is 11.7. The zero-order valence-corrected chi connectivity index (χ0v) is 11.3. The zero-order chi connectivity index (χ0) is 13.8. The Labute approximate surface area is 115 Å². The number of amides is 1. The summed E-state index contributed by atoms with van der Waals surface area (Å²) in [7, 11) is 1.67. The van der Waals surface area contributed by atoms with Gasteiger partial charge >= 0.3 is 6.09 Å². The first kappa shape index (κ1) is 13.4. The molecule has 1 N–H and O–H groups in total. The highest BCUT2D eigenvalue weighted by Crippen LogP contribution is 2.25. The summed E-state index contributed by atoms with van der Waals surface area (Å²) in [6.07, 6.45) is 0.397. The van der Waals surface area contributed by atoms with E-state index in [4.69, 9.17) is 16.3 Å². The molecule has 1 aromatic carbocycles. The molecule has 1 atom stereocenters. The van der Waals surface area contributed by atoms with E-state index in [1.54, 1.807) is 20.0 Å². The number of halogens is 1. The molecule has 0 saturated heterocycles. The van der Waals surface area contributed by atoms with Crippen molar-refractivity contribution in [2.45, 2.75) is 13.0 Å². The Morgan fingerprint density at radius 3 is 2.84 bits per heavy atom. The van der Waals surface area contributed by atoms with Gasteiger partial charge in [0.05, 0.1) is 6.20 Å². The summed E-state index contributed by atoms with van der Waals surface area (Å²) >= 11 is 6.03. The van der Waals surface area contributed by atoms with Crippen LogP contribution in [-0.4, -0.2) is 21.1 Å². The third-order valence-corrected chi connectivity index (χ3v) is 2.92. The Kier molecular flexibility index (Phi) is 4.01. The maximum Gasteiger partial charge on any atom is 0.413 e. The third-order valence-electron chi connectivity index (χ3n) is 2.57. The lowest BCUT2D eigenvalue weighted by atomic mass is 10.1. The monoisotopic (exact) mass is 280 g/mol. The lowest BCUT2D eigenvalue weighted by Gasteiger charge is -2.15. The van der Waals surface area contributed by atoms with Gasteiger partial charge in [-0.25, -0.2) is 9.48 Å². The van der Waals surface area contributed by atoms with E-state index in [0.29, 0.717) is 10.8 Å². The van der Waals surface area contributed by atoms with Crippen molar-refractivity contribution in [2.24, 2.45) is 7.05 Å². The van der Waals surface area contributed by atoms with Gasteiger partial charge in [-0.05, 0) is 13.0 Å². The van der Waals surface area contributed by atoms with Gasteiger partial charge in [0.15, 0.2) is 5.82 Å². The molecule has 0 aliphatic rings. The quantitative estimate of drug-likeness (QED) is 0.938. The van der Waals surface area contributed by atoms with E-state index in [-0.39, 0.29) is 0 Å². The first-order valence-electron chi connectivity index (χ1n) is 5.64. The maximum atomic E-state index is 11.7. The van der Waals surface area contributed by atoms with E-state index in [9.17, 15) is 4.79 Å². The minimum Gasteiger partial charge on any atom is -0.441 e. The van der Waals surface area contributed by atoms with Gasteiger partial charge < -0.3 is 4.74 Å². The fraction of sp³-hybridized carbons (Fsp3) is 0.250. The molecule has 1 aromatic heterocycles. The summed E-state index contributed by atoms with van der Waals surface area (Å²) < 4.78 is 6.67. The number of aryl methyl sites for hydroxylation is 1. The molecule has 0 unspecified atom stereocenters. The van der Waals surface area contributed by atoms with Crippen LogP contribution in [-0.2, 0) is 11.8 Å². The van der Waals surface area contributed by atoms with Gasteiger partial charge in [0, 0.05) is 17.6 Å². The minimum atomic E-state index is -0.585. The summed E-state index contributed by atoms with van der Waals surface area (Å²) in [5.41, 5.74) is 0.752. The van der Waals surface area contributed by atoms with Crippen LogP contribution in [0, 0.1) is 0 Å². The van der Waals surface area contributed by atoms with Crippen LogP contribution in [0.2, 0.25) is 5.02 Å². The number of nitrogens with zero attached hydrogens (tertiary/aromatic N) is 3. The van der Waals surface area contributed by atoms with Crippen molar-refractivity contribution < 1.29 is 9.53 Å². The Morgan fingerprint density at radius 2 is 2.21 bits per heavy atom. The standard InChI is InChI=1S/C12H13ClN4O2/c1-8(9-5-3-4-6-10(9)13)19-12(18)15-11-7-14-16-17(11)2/h3-8H,1-2H3,(H,15,18)/t8-/m1/s1. The van der Waals surface area contributed by atoms with Crippen molar-refractivity contribution in [2.75, 3.05) is 5.32 Å². The molecule has 19 heavy (non-hydrogen) atoms. The number of carbonyl (C=O) groups is 1. The van der Waals surface area contributed by atoms with Crippen molar-refractivity contribution in [3.8, 4) is 0 Å². The van der Waals surface area contributed by atoms with Crippen molar-refractivity contribution in [3.63, 3.8) is 0 Å². The third kappa shape index (κ3) is 3.23. The van der Waals surface area contributed by atoms with Crippen LogP contribution in [0.25, 0.3) is 0 Å². The van der Waals surface area contributed by atoms with Crippen LogP contribution in [0.5, 0.6) is 0 Å². The summed E-state index contributed by atoms with van der Waals surface area (Å²) in [6, 6.07) is 7.22. The molecular formula is C12H13ClN4O2. The lowest BCUT2D eigenvalue weighted by Crippen LogP contribution is -2.18. The van der Waals surface area contributed by atoms with E-state index in [0.717, 1.165) is 5.56 Å². The summed E-state index contributed by atoms with van der Waals surface area (Å²) in [5, 5.41) is 10.4. The molecule has 0 aliphatic carbocycles. The Bertz CT molecular complexity index is 585. The van der Waals surface area contributed by atoms with Gasteiger partial charge in [0.1, 0.15) is 6.10 Å². The highest BCUT2D eigenvalue weighted by Gasteiger charge is 2.15. The number of hydrogen-bond acceptors (Lipinski definition) is 4. The molecule has 1 amide bonds. The van der Waals surface area contributed by atoms with Crippen molar-refractivity contribution >= 4 is 23.5 Å². The second-order valence-corrected chi connectivity index (χ2v) is 4.34. The highest BCUT2D eigenvalue weighted by molar-refractivity contribution is 6.31. The van der Waals surface area contributed by atoms with Crippen LogP contribution in [0.4, 0.5) is 10.6 Å². The van der Waals surface area contributed by atoms with Gasteiger partial charge in [-0.3, -0.25) is 5.32 Å². The van der Waals surface area contributed by atoms with Crippen LogP contribution in [0.3, 0.4) is 0 Å². The van der Waals surface area contributed by atoms with Crippen LogP contribution < -0.4 is 5.32 Å². The van der Waals surface area contributed by atoms with E-state index >= 15 is 0 Å². The van der Waals surface area contributed by atoms with E-state index in [1.165, 1.54) is 10.9 Å². The number of benzene rings is 1. The average molecular weight is 281 g/mol. The Balaban J connectivity index is 2.00. The number of anilines is 1. The maximum absolute atomic E-state index is 11.7. The van der Waals surface area contributed by atoms with Gasteiger partial charge in [0.25, 0.3) is 0 Å². The van der Waals surface area contributed by atoms with E-state index in [1.807, 2.05) is 18.2 Å². The highest BCUT2D eigenvalue weighted by atomic mass is 35.5. The molecule has 0 aliphatic heterocycles. The molecule has 1 heterocycles. The summed E-state index contributed by atoms with van der Waals surface area (Å²) in [5.74, 6) is 0.455. The number of hydrogen-bond donors (Lipinski definition) is 1. The van der Waals surface area contributed by atoms with E-state index < -0.39 is 12.2 Å². The Morgan fingerprint density at radius 1 is 1.47 bits per heavy atom. The molecule has 2 aromatic rings. The number of ether oxygens (including phenoxy) is 1. The molecule has 2 rings (SSSR count). The average Bonchev–Trinajstić information content (AvgIpc) is 2.75. The first-order valence-corrected chi connectivity index (χ1v) is 6.02. The molecule has 0 saturated carbocycles. The lowest BCUT2D eigenvalue weighted by molar-refractivity contribution is 0.121. The number of carbonyl (C=O) groups excluding carboxylic acids is 1. The fourth-order valence-electron chi connectivity index (χ4n) is 1.57. The van der Waals surface area contributed by atoms with Crippen LogP contribution >= 0.6 is 11.6 Å². The zero-order valence-electron chi connectivity index (χ0n) is 10.5. The molecular weight excluding hydrogens is 268 g/mol. The largest absolute Gasteiger partial charge is 0.441 e. The van der Waals surface area contributed by atoms with Gasteiger partial charge in [0.2, 0.25) is 0 Å². The molecule has 0 bridgehead atoms. The van der Waals surface area contributed by atoms with Crippen LogP contribution in [0.15, 0.2) is 30.5 Å². The van der Waals surface area contributed by atoms with Crippen molar-refractivity contribution in [1.29, 1.82) is 0 Å². The molecule has 6 nitrogen and oxygen atoms in total. The summed E-state index contributed by atoms with van der Waals surface area (Å²) in [6.45, 7) is 1.75. The SMILES string of the molecule is C[C@@H](OC(=O)Nc1cnnn1C)c1ccccc1Cl. The predicted molar refractivity (Wildman–Crippen MR) is 71.0 cm³/mol. The van der Waals surface area contributed by atoms with E-state index in [2.05, 4.69) is 15.6 Å². The Hall–Kier alpha value is -2.08. The molecule has 7 heteroatoms. The molecule has 0 radical (unpaired) electrons. The van der Waals surface area contributed by atoms with Crippen molar-refractivity contribution in [3.05, 3.63) is 41.0 Å². The van der Waals surface area contributed by atoms with Gasteiger partial charge in [-0.1, -0.05) is 35.0 Å². The molecule has 0 fully saturated rings. The topological polar surface area (TPSA) is 69.0 Å².